The fourth-order valence-electron chi connectivity index (χ4n) is 0.375. The van der Waals surface area contributed by atoms with E-state index in [2.05, 4.69) is 0 Å². The molecule has 1 fully saturated rings. The number of hydrogen-bond donors (Lipinski definition) is 0. The average molecular weight is 142 g/mol. The number of rotatable bonds is 1. The van der Waals surface area contributed by atoms with Gasteiger partial charge in [0, 0.05) is 5.25 Å². The molecule has 0 spiro atoms. The van der Waals surface area contributed by atoms with Crippen LogP contribution in [0.25, 0.3) is 0 Å². The molecule has 0 heterocycles. The number of alkyl halides is 3. The molecule has 1 rings (SSSR count). The van der Waals surface area contributed by atoms with Gasteiger partial charge in [0.1, 0.15) is 0 Å². The number of thioether (sulfide) groups is 1. The lowest BCUT2D eigenvalue weighted by Crippen LogP contribution is -2.00. The van der Waals surface area contributed by atoms with Gasteiger partial charge in [-0.2, -0.15) is 13.2 Å². The first-order valence-electron chi connectivity index (χ1n) is 2.32. The van der Waals surface area contributed by atoms with Gasteiger partial charge in [-0.3, -0.25) is 0 Å². The molecule has 0 aromatic carbocycles. The standard InChI is InChI=1S/C4H5F3S/c5-4(6,7)8-3-1-2-3/h3H,1-2H2. The molecule has 8 heavy (non-hydrogen) atoms. The maximum atomic E-state index is 11.3. The van der Waals surface area contributed by atoms with Gasteiger partial charge in [0.15, 0.2) is 0 Å². The highest BCUT2D eigenvalue weighted by Gasteiger charge is 2.37. The highest BCUT2D eigenvalue weighted by molar-refractivity contribution is 8.01. The van der Waals surface area contributed by atoms with Crippen molar-refractivity contribution in [2.45, 2.75) is 23.6 Å². The second-order valence-corrected chi connectivity index (χ2v) is 3.13. The van der Waals surface area contributed by atoms with E-state index < -0.39 is 5.51 Å². The van der Waals surface area contributed by atoms with Gasteiger partial charge in [0.2, 0.25) is 0 Å². The van der Waals surface area contributed by atoms with Crippen LogP contribution < -0.4 is 0 Å². The Labute approximate surface area is 49.4 Å². The van der Waals surface area contributed by atoms with Crippen molar-refractivity contribution in [2.24, 2.45) is 0 Å². The molecule has 0 N–H and O–H groups in total. The molecule has 0 radical (unpaired) electrons. The normalized spacial score (nSPS) is 21.4. The maximum absolute atomic E-state index is 11.3. The first kappa shape index (κ1) is 6.26. The molecular weight excluding hydrogens is 137 g/mol. The van der Waals surface area contributed by atoms with Crippen molar-refractivity contribution < 1.29 is 13.2 Å². The summed E-state index contributed by atoms with van der Waals surface area (Å²) in [6.07, 6.45) is 1.48. The van der Waals surface area contributed by atoms with Gasteiger partial charge in [-0.25, -0.2) is 0 Å². The summed E-state index contributed by atoms with van der Waals surface area (Å²) >= 11 is 0.123. The third-order valence-corrected chi connectivity index (χ3v) is 1.90. The average Bonchev–Trinajstić information content (AvgIpc) is 2.12. The molecule has 0 aromatic rings. The molecule has 1 aliphatic carbocycles. The Bertz CT molecular complexity index is 83.8. The summed E-state index contributed by atoms with van der Waals surface area (Å²) in [6, 6.07) is 0. The second kappa shape index (κ2) is 1.83. The zero-order valence-corrected chi connectivity index (χ0v) is 4.85. The Morgan fingerprint density at radius 1 is 1.25 bits per heavy atom. The fraction of sp³-hybridized carbons (Fsp3) is 1.00. The van der Waals surface area contributed by atoms with Crippen molar-refractivity contribution in [3.63, 3.8) is 0 Å². The molecule has 1 saturated carbocycles. The predicted molar refractivity (Wildman–Crippen MR) is 26.7 cm³/mol. The third kappa shape index (κ3) is 2.45. The van der Waals surface area contributed by atoms with Gasteiger partial charge in [-0.1, -0.05) is 0 Å². The molecule has 0 unspecified atom stereocenters. The Morgan fingerprint density at radius 3 is 1.88 bits per heavy atom. The Kier molecular flexibility index (Phi) is 1.43. The van der Waals surface area contributed by atoms with Crippen LogP contribution in [0, 0.1) is 0 Å². The molecule has 0 aliphatic heterocycles. The van der Waals surface area contributed by atoms with Crippen molar-refractivity contribution in [3.8, 4) is 0 Å². The zero-order valence-electron chi connectivity index (χ0n) is 4.03. The predicted octanol–water partition coefficient (Wildman–Crippen LogP) is 2.40. The minimum atomic E-state index is -4.00. The summed E-state index contributed by atoms with van der Waals surface area (Å²) in [5.74, 6) is 0. The summed E-state index contributed by atoms with van der Waals surface area (Å²) < 4.78 is 33.9. The molecule has 0 nitrogen and oxygen atoms in total. The van der Waals surface area contributed by atoms with Crippen LogP contribution in [0.3, 0.4) is 0 Å². The van der Waals surface area contributed by atoms with E-state index in [-0.39, 0.29) is 17.0 Å². The van der Waals surface area contributed by atoms with Crippen molar-refractivity contribution in [1.82, 2.24) is 0 Å². The highest BCUT2D eigenvalue weighted by atomic mass is 32.2. The van der Waals surface area contributed by atoms with Crippen LogP contribution in [-0.2, 0) is 0 Å². The zero-order chi connectivity index (χ0) is 6.20. The van der Waals surface area contributed by atoms with Crippen LogP contribution in [0.4, 0.5) is 13.2 Å². The lowest BCUT2D eigenvalue weighted by molar-refractivity contribution is -0.0329. The molecular formula is C4H5F3S. The van der Waals surface area contributed by atoms with E-state index in [1.54, 1.807) is 0 Å². The van der Waals surface area contributed by atoms with Gasteiger partial charge in [-0.15, -0.1) is 0 Å². The van der Waals surface area contributed by atoms with Crippen molar-refractivity contribution >= 4 is 11.8 Å². The first-order chi connectivity index (χ1) is 3.58. The molecule has 4 heteroatoms. The van der Waals surface area contributed by atoms with Crippen LogP contribution in [0.5, 0.6) is 0 Å². The van der Waals surface area contributed by atoms with Gasteiger partial charge in [0.05, 0.1) is 0 Å². The summed E-state index contributed by atoms with van der Waals surface area (Å²) in [6.45, 7) is 0. The molecule has 0 aromatic heterocycles. The quantitative estimate of drug-likeness (QED) is 0.541. The number of halogens is 3. The van der Waals surface area contributed by atoms with Gasteiger partial charge >= 0.3 is 5.51 Å². The van der Waals surface area contributed by atoms with Crippen molar-refractivity contribution in [1.29, 1.82) is 0 Å². The van der Waals surface area contributed by atoms with Gasteiger partial charge < -0.3 is 0 Å². The van der Waals surface area contributed by atoms with Crippen molar-refractivity contribution in [3.05, 3.63) is 0 Å². The third-order valence-electron chi connectivity index (χ3n) is 0.825. The van der Waals surface area contributed by atoms with Gasteiger partial charge in [-0.05, 0) is 24.6 Å². The fourth-order valence-corrected chi connectivity index (χ4v) is 1.12. The summed E-state index contributed by atoms with van der Waals surface area (Å²) in [5.41, 5.74) is -4.00. The van der Waals surface area contributed by atoms with E-state index in [1.165, 1.54) is 0 Å². The summed E-state index contributed by atoms with van der Waals surface area (Å²) in [7, 11) is 0. The maximum Gasteiger partial charge on any atom is 0.442 e. The SMILES string of the molecule is FC(F)(F)SC1CC1. The smallest absolute Gasteiger partial charge is 0.160 e. The summed E-state index contributed by atoms with van der Waals surface area (Å²) in [5, 5.41) is -0.116. The molecule has 1 aliphatic rings. The van der Waals surface area contributed by atoms with E-state index in [0.717, 1.165) is 12.8 Å². The Morgan fingerprint density at radius 2 is 1.75 bits per heavy atom. The van der Waals surface area contributed by atoms with Gasteiger partial charge in [0.25, 0.3) is 0 Å². The lowest BCUT2D eigenvalue weighted by atomic mass is 11.0. The first-order valence-corrected chi connectivity index (χ1v) is 3.20. The van der Waals surface area contributed by atoms with Crippen LogP contribution in [0.1, 0.15) is 12.8 Å². The molecule has 48 valence electrons. The highest BCUT2D eigenvalue weighted by Crippen LogP contribution is 2.44. The van der Waals surface area contributed by atoms with Crippen LogP contribution >= 0.6 is 11.8 Å². The van der Waals surface area contributed by atoms with E-state index >= 15 is 0 Å². The molecule has 0 bridgehead atoms. The van der Waals surface area contributed by atoms with Crippen LogP contribution in [0.2, 0.25) is 0 Å². The second-order valence-electron chi connectivity index (χ2n) is 1.76. The van der Waals surface area contributed by atoms with Crippen molar-refractivity contribution in [2.75, 3.05) is 0 Å². The largest absolute Gasteiger partial charge is 0.442 e. The van der Waals surface area contributed by atoms with E-state index in [9.17, 15) is 13.2 Å². The van der Waals surface area contributed by atoms with E-state index in [4.69, 9.17) is 0 Å². The lowest BCUT2D eigenvalue weighted by Gasteiger charge is -2.00. The minimum absolute atomic E-state index is 0.116. The van der Waals surface area contributed by atoms with E-state index in [0.29, 0.717) is 0 Å². The summed E-state index contributed by atoms with van der Waals surface area (Å²) in [4.78, 5) is 0. The van der Waals surface area contributed by atoms with Crippen LogP contribution in [-0.4, -0.2) is 10.8 Å². The Balaban J connectivity index is 2.16. The minimum Gasteiger partial charge on any atom is -0.160 e. The Hall–Kier alpha value is 0.140. The molecule has 0 saturated heterocycles. The molecule has 0 atom stereocenters. The topological polar surface area (TPSA) is 0 Å². The number of hydrogen-bond acceptors (Lipinski definition) is 1. The van der Waals surface area contributed by atoms with Crippen LogP contribution in [0.15, 0.2) is 0 Å². The molecule has 0 amide bonds. The monoisotopic (exact) mass is 142 g/mol. The van der Waals surface area contributed by atoms with E-state index in [1.807, 2.05) is 0 Å².